The number of fused-ring (bicyclic) bond motifs is 2. The van der Waals surface area contributed by atoms with Crippen molar-refractivity contribution < 1.29 is 14.7 Å². The number of imidazole rings is 1. The zero-order valence-electron chi connectivity index (χ0n) is 13.1. The van der Waals surface area contributed by atoms with Crippen molar-refractivity contribution in [3.8, 4) is 0 Å². The second-order valence-electron chi connectivity index (χ2n) is 7.11. The fraction of sp³-hybridized carbons (Fsp3) is 0.688. The highest BCUT2D eigenvalue weighted by Crippen LogP contribution is 2.48. The number of nitrogens with one attached hydrogen (secondary N) is 1. The zero-order chi connectivity index (χ0) is 16.0. The van der Waals surface area contributed by atoms with Crippen molar-refractivity contribution >= 4 is 12.0 Å². The van der Waals surface area contributed by atoms with E-state index < -0.39 is 11.4 Å². The molecular formula is C16H22N4O3. The Morgan fingerprint density at radius 1 is 1.39 bits per heavy atom. The van der Waals surface area contributed by atoms with Crippen molar-refractivity contribution in [2.24, 2.45) is 11.3 Å². The van der Waals surface area contributed by atoms with E-state index in [-0.39, 0.29) is 18.0 Å². The molecule has 4 rings (SSSR count). The third-order valence-electron chi connectivity index (χ3n) is 5.86. The molecule has 0 radical (unpaired) electrons. The smallest absolute Gasteiger partial charge is 0.317 e. The topological polar surface area (TPSA) is 87.5 Å². The molecule has 2 N–H and O–H groups in total. The van der Waals surface area contributed by atoms with Gasteiger partial charge in [0.1, 0.15) is 5.82 Å². The predicted octanol–water partition coefficient (Wildman–Crippen LogP) is 1.09. The van der Waals surface area contributed by atoms with E-state index in [9.17, 15) is 14.7 Å². The first-order valence-corrected chi connectivity index (χ1v) is 8.37. The highest BCUT2D eigenvalue weighted by molar-refractivity contribution is 5.80. The maximum atomic E-state index is 12.6. The van der Waals surface area contributed by atoms with E-state index in [1.165, 1.54) is 0 Å². The van der Waals surface area contributed by atoms with Gasteiger partial charge in [0, 0.05) is 44.5 Å². The molecule has 1 aromatic heterocycles. The minimum Gasteiger partial charge on any atom is -0.481 e. The highest BCUT2D eigenvalue weighted by Gasteiger charge is 2.55. The molecule has 3 atom stereocenters. The molecule has 7 nitrogen and oxygen atoms in total. The lowest BCUT2D eigenvalue weighted by Gasteiger charge is -2.28. The molecule has 2 aliphatic heterocycles. The molecule has 1 unspecified atom stereocenters. The number of amides is 2. The molecule has 1 saturated carbocycles. The van der Waals surface area contributed by atoms with Crippen molar-refractivity contribution in [3.63, 3.8) is 0 Å². The van der Waals surface area contributed by atoms with Gasteiger partial charge in [-0.1, -0.05) is 6.42 Å². The fourth-order valence-corrected chi connectivity index (χ4v) is 4.53. The second kappa shape index (κ2) is 5.25. The Balaban J connectivity index is 1.40. The van der Waals surface area contributed by atoms with E-state index in [0.717, 1.165) is 38.1 Å². The summed E-state index contributed by atoms with van der Waals surface area (Å²) in [7, 11) is 0. The van der Waals surface area contributed by atoms with E-state index in [0.29, 0.717) is 19.5 Å². The summed E-state index contributed by atoms with van der Waals surface area (Å²) in [6, 6.07) is -0.0383. The largest absolute Gasteiger partial charge is 0.481 e. The number of hydrogen-bond acceptors (Lipinski definition) is 3. The van der Waals surface area contributed by atoms with Crippen LogP contribution >= 0.6 is 0 Å². The summed E-state index contributed by atoms with van der Waals surface area (Å²) in [5, 5.41) is 12.7. The number of carbonyl (C=O) groups is 2. The number of rotatable bonds is 2. The number of hydrogen-bond donors (Lipinski definition) is 2. The van der Waals surface area contributed by atoms with Gasteiger partial charge in [0.2, 0.25) is 0 Å². The van der Waals surface area contributed by atoms with Crippen LogP contribution in [0.5, 0.6) is 0 Å². The maximum Gasteiger partial charge on any atom is 0.317 e. The van der Waals surface area contributed by atoms with Gasteiger partial charge in [-0.3, -0.25) is 4.79 Å². The normalized spacial score (nSPS) is 32.4. The Hall–Kier alpha value is -2.05. The van der Waals surface area contributed by atoms with Crippen LogP contribution in [0, 0.1) is 11.3 Å². The molecule has 0 spiro atoms. The maximum absolute atomic E-state index is 12.6. The summed E-state index contributed by atoms with van der Waals surface area (Å²) in [4.78, 5) is 30.3. The summed E-state index contributed by atoms with van der Waals surface area (Å²) >= 11 is 0. The van der Waals surface area contributed by atoms with Gasteiger partial charge >= 0.3 is 12.0 Å². The Morgan fingerprint density at radius 2 is 2.26 bits per heavy atom. The number of nitrogens with zero attached hydrogens (tertiary/aromatic N) is 3. The quantitative estimate of drug-likeness (QED) is 0.854. The van der Waals surface area contributed by atoms with Crippen molar-refractivity contribution in [3.05, 3.63) is 18.2 Å². The van der Waals surface area contributed by atoms with Crippen LogP contribution in [-0.4, -0.2) is 50.7 Å². The van der Waals surface area contributed by atoms with E-state index in [1.807, 2.05) is 6.20 Å². The average Bonchev–Trinajstić information content (AvgIpc) is 3.20. The number of carboxylic acids is 1. The van der Waals surface area contributed by atoms with Gasteiger partial charge in [-0.05, 0) is 25.2 Å². The first-order chi connectivity index (χ1) is 11.1. The molecule has 0 bridgehead atoms. The molecule has 1 saturated heterocycles. The van der Waals surface area contributed by atoms with Crippen LogP contribution in [0.25, 0.3) is 0 Å². The number of aryl methyl sites for hydroxylation is 1. The molecule has 0 aromatic carbocycles. The highest BCUT2D eigenvalue weighted by atomic mass is 16.4. The molecule has 1 aliphatic carbocycles. The summed E-state index contributed by atoms with van der Waals surface area (Å²) in [6.07, 6.45) is 7.94. The molecule has 3 heterocycles. The lowest BCUT2D eigenvalue weighted by molar-refractivity contribution is -0.149. The second-order valence-corrected chi connectivity index (χ2v) is 7.11. The lowest BCUT2D eigenvalue weighted by atomic mass is 9.81. The van der Waals surface area contributed by atoms with Crippen LogP contribution in [0.4, 0.5) is 4.79 Å². The van der Waals surface area contributed by atoms with E-state index in [1.54, 1.807) is 11.1 Å². The summed E-state index contributed by atoms with van der Waals surface area (Å²) < 4.78 is 2.11. The molecule has 2 amide bonds. The monoisotopic (exact) mass is 318 g/mol. The van der Waals surface area contributed by atoms with Crippen molar-refractivity contribution in [1.82, 2.24) is 19.8 Å². The van der Waals surface area contributed by atoms with Crippen LogP contribution in [0.3, 0.4) is 0 Å². The van der Waals surface area contributed by atoms with Gasteiger partial charge in [-0.15, -0.1) is 0 Å². The number of carboxylic acid groups (broad SMARTS) is 1. The van der Waals surface area contributed by atoms with Crippen LogP contribution < -0.4 is 5.32 Å². The third kappa shape index (κ3) is 2.29. The average molecular weight is 318 g/mol. The van der Waals surface area contributed by atoms with Crippen molar-refractivity contribution in [1.29, 1.82) is 0 Å². The van der Waals surface area contributed by atoms with E-state index >= 15 is 0 Å². The first-order valence-electron chi connectivity index (χ1n) is 8.37. The fourth-order valence-electron chi connectivity index (χ4n) is 4.53. The van der Waals surface area contributed by atoms with Gasteiger partial charge in [-0.2, -0.15) is 0 Å². The number of aromatic nitrogens is 2. The lowest BCUT2D eigenvalue weighted by Crippen LogP contribution is -2.47. The molecule has 7 heteroatoms. The number of carbonyl (C=O) groups excluding carboxylic acids is 1. The van der Waals surface area contributed by atoms with Crippen LogP contribution in [-0.2, 0) is 17.8 Å². The summed E-state index contributed by atoms with van der Waals surface area (Å²) in [5.41, 5.74) is -0.708. The zero-order valence-corrected chi connectivity index (χ0v) is 13.1. The van der Waals surface area contributed by atoms with Crippen molar-refractivity contribution in [2.45, 2.75) is 44.7 Å². The first kappa shape index (κ1) is 14.5. The minimum atomic E-state index is -0.741. The Kier molecular flexibility index (Phi) is 3.32. The van der Waals surface area contributed by atoms with E-state index in [2.05, 4.69) is 14.9 Å². The summed E-state index contributed by atoms with van der Waals surface area (Å²) in [5.74, 6) is 0.368. The molecule has 3 aliphatic rings. The number of aliphatic carboxylic acids is 1. The number of likely N-dealkylation sites (tertiary alicyclic amines) is 1. The molecular weight excluding hydrogens is 296 g/mol. The Morgan fingerprint density at radius 3 is 3.04 bits per heavy atom. The molecule has 23 heavy (non-hydrogen) atoms. The van der Waals surface area contributed by atoms with Crippen LogP contribution in [0.2, 0.25) is 0 Å². The molecule has 1 aromatic rings. The third-order valence-corrected chi connectivity index (χ3v) is 5.86. The number of urea groups is 1. The molecule has 2 fully saturated rings. The predicted molar refractivity (Wildman–Crippen MR) is 81.9 cm³/mol. The van der Waals surface area contributed by atoms with Gasteiger partial charge in [0.25, 0.3) is 0 Å². The van der Waals surface area contributed by atoms with Gasteiger partial charge in [-0.25, -0.2) is 9.78 Å². The minimum absolute atomic E-state index is 0.0821. The SMILES string of the molecule is O=C(NC1CCn2ccnc2C1)N1C[C@@H]2CCC[C@@]2(C(=O)O)C1. The van der Waals surface area contributed by atoms with Gasteiger partial charge in [0.05, 0.1) is 5.41 Å². The Labute approximate surface area is 134 Å². The van der Waals surface area contributed by atoms with Crippen LogP contribution in [0.1, 0.15) is 31.5 Å². The van der Waals surface area contributed by atoms with Crippen LogP contribution in [0.15, 0.2) is 12.4 Å². The molecule has 124 valence electrons. The van der Waals surface area contributed by atoms with E-state index in [4.69, 9.17) is 0 Å². The summed E-state index contributed by atoms with van der Waals surface area (Å²) in [6.45, 7) is 1.78. The van der Waals surface area contributed by atoms with Gasteiger partial charge in [0.15, 0.2) is 0 Å². The standard InChI is InChI=1S/C16H22N4O3/c21-14(22)16-4-1-2-11(16)9-20(10-16)15(23)18-12-3-6-19-7-5-17-13(19)8-12/h5,7,11-12H,1-4,6,8-10H2,(H,18,23)(H,21,22)/t11-,12?,16+/m0/s1. The van der Waals surface area contributed by atoms with Crippen molar-refractivity contribution in [2.75, 3.05) is 13.1 Å². The Bertz CT molecular complexity index is 643. The van der Waals surface area contributed by atoms with Gasteiger partial charge < -0.3 is 19.9 Å².